The van der Waals surface area contributed by atoms with Gasteiger partial charge in [0.15, 0.2) is 0 Å². The predicted octanol–water partition coefficient (Wildman–Crippen LogP) is 4.00. The van der Waals surface area contributed by atoms with Crippen molar-refractivity contribution in [1.29, 1.82) is 0 Å². The smallest absolute Gasteiger partial charge is 0.222 e. The number of likely N-dealkylation sites (N-methyl/N-ethyl adjacent to an activating group) is 1. The molecule has 2 atom stereocenters. The Hall–Kier alpha value is -2.09. The predicted molar refractivity (Wildman–Crippen MR) is 88.7 cm³/mol. The van der Waals surface area contributed by atoms with Gasteiger partial charge in [0.1, 0.15) is 0 Å². The van der Waals surface area contributed by atoms with Gasteiger partial charge in [0, 0.05) is 25.4 Å². The fraction of sp³-hybridized carbons (Fsp3) is 0.350. The molecule has 2 aliphatic rings. The highest BCUT2D eigenvalue weighted by Gasteiger charge is 2.37. The molecule has 0 aromatic heterocycles. The van der Waals surface area contributed by atoms with E-state index in [4.69, 9.17) is 0 Å². The largest absolute Gasteiger partial charge is 0.342 e. The molecule has 2 aromatic rings. The number of carbonyl (C=O) groups is 1. The van der Waals surface area contributed by atoms with Crippen molar-refractivity contribution < 1.29 is 4.79 Å². The Labute approximate surface area is 131 Å². The van der Waals surface area contributed by atoms with Crippen molar-refractivity contribution in [2.75, 3.05) is 7.05 Å². The van der Waals surface area contributed by atoms with Crippen LogP contribution >= 0.6 is 0 Å². The molecule has 112 valence electrons. The summed E-state index contributed by atoms with van der Waals surface area (Å²) in [5, 5.41) is 0. The Kier molecular flexibility index (Phi) is 3.25. The van der Waals surface area contributed by atoms with E-state index in [1.54, 1.807) is 0 Å². The minimum absolute atomic E-state index is 0.311. The molecule has 0 unspecified atom stereocenters. The maximum atomic E-state index is 11.9. The Morgan fingerprint density at radius 3 is 2.59 bits per heavy atom. The molecular formula is C20H21NO. The van der Waals surface area contributed by atoms with Gasteiger partial charge in [0.25, 0.3) is 0 Å². The van der Waals surface area contributed by atoms with Gasteiger partial charge in [-0.1, -0.05) is 48.5 Å². The third kappa shape index (κ3) is 2.14. The van der Waals surface area contributed by atoms with E-state index in [2.05, 4.69) is 48.5 Å². The molecule has 2 aromatic carbocycles. The van der Waals surface area contributed by atoms with Gasteiger partial charge in [-0.15, -0.1) is 0 Å². The van der Waals surface area contributed by atoms with Crippen molar-refractivity contribution in [1.82, 2.24) is 4.90 Å². The number of amides is 1. The van der Waals surface area contributed by atoms with Crippen LogP contribution in [0.4, 0.5) is 0 Å². The first-order chi connectivity index (χ1) is 10.7. The molecule has 1 aliphatic heterocycles. The molecule has 0 bridgehead atoms. The van der Waals surface area contributed by atoms with Crippen molar-refractivity contribution in [2.24, 2.45) is 0 Å². The summed E-state index contributed by atoms with van der Waals surface area (Å²) in [5.41, 5.74) is 5.53. The summed E-state index contributed by atoms with van der Waals surface area (Å²) in [7, 11) is 1.97. The summed E-state index contributed by atoms with van der Waals surface area (Å²) >= 11 is 0. The molecule has 1 saturated heterocycles. The number of nitrogens with zero attached hydrogens (tertiary/aromatic N) is 1. The Morgan fingerprint density at radius 2 is 1.77 bits per heavy atom. The monoisotopic (exact) mass is 291 g/mol. The molecule has 1 heterocycles. The number of benzene rings is 2. The third-order valence-corrected chi connectivity index (χ3v) is 5.38. The number of hydrogen-bond acceptors (Lipinski definition) is 1. The Bertz CT molecular complexity index is 707. The number of piperidine rings is 1. The van der Waals surface area contributed by atoms with Crippen LogP contribution in [0.5, 0.6) is 0 Å². The summed E-state index contributed by atoms with van der Waals surface area (Å²) in [6, 6.07) is 17.9. The normalized spacial score (nSPS) is 23.9. The first kappa shape index (κ1) is 13.6. The molecule has 2 heteroatoms. The van der Waals surface area contributed by atoms with Crippen molar-refractivity contribution in [2.45, 2.75) is 37.6 Å². The topological polar surface area (TPSA) is 20.3 Å². The van der Waals surface area contributed by atoms with Gasteiger partial charge in [0.2, 0.25) is 5.91 Å². The van der Waals surface area contributed by atoms with E-state index in [-0.39, 0.29) is 0 Å². The second kappa shape index (κ2) is 5.28. The first-order valence-electron chi connectivity index (χ1n) is 8.18. The van der Waals surface area contributed by atoms with Crippen molar-refractivity contribution >= 4 is 5.91 Å². The average Bonchev–Trinajstić information content (AvgIpc) is 2.58. The first-order valence-corrected chi connectivity index (χ1v) is 8.18. The lowest BCUT2D eigenvalue weighted by Gasteiger charge is -2.43. The van der Waals surface area contributed by atoms with E-state index in [1.165, 1.54) is 22.3 Å². The number of aryl methyl sites for hydroxylation is 1. The van der Waals surface area contributed by atoms with Crippen LogP contribution in [0.25, 0.3) is 11.1 Å². The van der Waals surface area contributed by atoms with E-state index in [0.29, 0.717) is 24.3 Å². The maximum absolute atomic E-state index is 11.9. The second-order valence-corrected chi connectivity index (χ2v) is 6.54. The minimum Gasteiger partial charge on any atom is -0.342 e. The van der Waals surface area contributed by atoms with Crippen molar-refractivity contribution in [3.8, 4) is 11.1 Å². The molecule has 0 spiro atoms. The zero-order valence-electron chi connectivity index (χ0n) is 13.0. The lowest BCUT2D eigenvalue weighted by molar-refractivity contribution is -0.135. The summed E-state index contributed by atoms with van der Waals surface area (Å²) in [4.78, 5) is 13.9. The Morgan fingerprint density at radius 1 is 0.955 bits per heavy atom. The van der Waals surface area contributed by atoms with Crippen LogP contribution in [0.3, 0.4) is 0 Å². The van der Waals surface area contributed by atoms with E-state index in [1.807, 2.05) is 11.9 Å². The van der Waals surface area contributed by atoms with Gasteiger partial charge < -0.3 is 4.90 Å². The highest BCUT2D eigenvalue weighted by atomic mass is 16.2. The van der Waals surface area contributed by atoms with Crippen LogP contribution in [-0.2, 0) is 11.2 Å². The van der Waals surface area contributed by atoms with Crippen LogP contribution in [0.15, 0.2) is 48.5 Å². The zero-order valence-corrected chi connectivity index (χ0v) is 13.0. The summed E-state index contributed by atoms with van der Waals surface area (Å²) in [6.45, 7) is 0. The number of hydrogen-bond donors (Lipinski definition) is 0. The summed E-state index contributed by atoms with van der Waals surface area (Å²) in [6.07, 6.45) is 3.87. The van der Waals surface area contributed by atoms with Crippen LogP contribution in [0.2, 0.25) is 0 Å². The van der Waals surface area contributed by atoms with Crippen LogP contribution in [-0.4, -0.2) is 23.9 Å². The van der Waals surface area contributed by atoms with Gasteiger partial charge in [-0.2, -0.15) is 0 Å². The van der Waals surface area contributed by atoms with E-state index in [9.17, 15) is 4.79 Å². The van der Waals surface area contributed by atoms with E-state index < -0.39 is 0 Å². The van der Waals surface area contributed by atoms with Gasteiger partial charge in [0.05, 0.1) is 0 Å². The maximum Gasteiger partial charge on any atom is 0.222 e. The van der Waals surface area contributed by atoms with Gasteiger partial charge in [-0.25, -0.2) is 0 Å². The molecule has 1 aliphatic carbocycles. The standard InChI is InChI=1S/C20H21NO/c1-21-19-11-8-16-13-15(14-5-3-2-4-6-14)7-9-17(16)18(19)10-12-20(21)22/h2-7,9,13,18-19H,8,10-12H2,1H3/t18-,19-/m0/s1. The number of likely N-dealkylation sites (tertiary alicyclic amines) is 1. The molecule has 22 heavy (non-hydrogen) atoms. The van der Waals surface area contributed by atoms with Crippen molar-refractivity contribution in [3.05, 3.63) is 59.7 Å². The van der Waals surface area contributed by atoms with Gasteiger partial charge in [-0.3, -0.25) is 4.79 Å². The molecular weight excluding hydrogens is 270 g/mol. The fourth-order valence-corrected chi connectivity index (χ4v) is 4.16. The molecule has 1 amide bonds. The summed E-state index contributed by atoms with van der Waals surface area (Å²) < 4.78 is 0. The highest BCUT2D eigenvalue weighted by molar-refractivity contribution is 5.77. The minimum atomic E-state index is 0.311. The zero-order chi connectivity index (χ0) is 15.1. The van der Waals surface area contributed by atoms with Gasteiger partial charge >= 0.3 is 0 Å². The molecule has 4 rings (SSSR count). The quantitative estimate of drug-likeness (QED) is 0.777. The van der Waals surface area contributed by atoms with E-state index in [0.717, 1.165) is 19.3 Å². The van der Waals surface area contributed by atoms with Crippen LogP contribution < -0.4 is 0 Å². The average molecular weight is 291 g/mol. The fourth-order valence-electron chi connectivity index (χ4n) is 4.16. The molecule has 1 fully saturated rings. The molecule has 2 nitrogen and oxygen atoms in total. The SMILES string of the molecule is CN1C(=O)CC[C@H]2c3ccc(-c4ccccc4)cc3CC[C@@H]21. The second-order valence-electron chi connectivity index (χ2n) is 6.54. The number of fused-ring (bicyclic) bond motifs is 3. The lowest BCUT2D eigenvalue weighted by atomic mass is 9.74. The lowest BCUT2D eigenvalue weighted by Crippen LogP contribution is -2.47. The third-order valence-electron chi connectivity index (χ3n) is 5.38. The van der Waals surface area contributed by atoms with E-state index >= 15 is 0 Å². The van der Waals surface area contributed by atoms with Crippen LogP contribution in [0, 0.1) is 0 Å². The van der Waals surface area contributed by atoms with Crippen molar-refractivity contribution in [3.63, 3.8) is 0 Å². The van der Waals surface area contributed by atoms with Gasteiger partial charge in [-0.05, 0) is 41.5 Å². The number of carbonyl (C=O) groups excluding carboxylic acids is 1. The molecule has 0 N–H and O–H groups in total. The Balaban J connectivity index is 1.70. The molecule has 0 radical (unpaired) electrons. The van der Waals surface area contributed by atoms with Crippen LogP contribution in [0.1, 0.15) is 36.3 Å². The summed E-state index contributed by atoms with van der Waals surface area (Å²) in [5.74, 6) is 0.835. The number of rotatable bonds is 1. The highest BCUT2D eigenvalue weighted by Crippen LogP contribution is 2.41. The molecule has 0 saturated carbocycles.